The molecule has 1 saturated carbocycles. The highest BCUT2D eigenvalue weighted by atomic mass is 16.4. The Bertz CT molecular complexity index is 1180. The zero-order chi connectivity index (χ0) is 24.9. The van der Waals surface area contributed by atoms with Crippen LogP contribution in [0.15, 0.2) is 29.1 Å². The summed E-state index contributed by atoms with van der Waals surface area (Å²) >= 11 is 0. The zero-order valence-electron chi connectivity index (χ0n) is 21.0. The minimum absolute atomic E-state index is 0.0835. The highest BCUT2D eigenvalue weighted by molar-refractivity contribution is 5.80. The maximum absolute atomic E-state index is 14.0. The molecular formula is C28H38N4O4. The predicted octanol–water partition coefficient (Wildman–Crippen LogP) is 3.70. The van der Waals surface area contributed by atoms with Gasteiger partial charge in [-0.1, -0.05) is 44.2 Å². The smallest absolute Gasteiger partial charge is 0.337 e. The Morgan fingerprint density at radius 2 is 1.58 bits per heavy atom. The first kappa shape index (κ1) is 23.9. The lowest BCUT2D eigenvalue weighted by Gasteiger charge is -2.45. The molecule has 2 N–H and O–H groups in total. The number of rotatable bonds is 4. The molecule has 8 nitrogen and oxygen atoms in total. The molecule has 1 aromatic carbocycles. The van der Waals surface area contributed by atoms with Crippen molar-refractivity contribution in [1.82, 2.24) is 14.5 Å². The van der Waals surface area contributed by atoms with E-state index in [9.17, 15) is 19.8 Å². The number of β-amino-alcohol motifs (C(OH)–C–C–N with tert-alkyl or cyclic N) is 1. The number of piperidine rings is 1. The second-order valence-electron chi connectivity index (χ2n) is 11.6. The van der Waals surface area contributed by atoms with Crippen molar-refractivity contribution in [3.05, 3.63) is 34.6 Å². The van der Waals surface area contributed by atoms with Crippen molar-refractivity contribution in [3.63, 3.8) is 0 Å². The van der Waals surface area contributed by atoms with Gasteiger partial charge in [0.05, 0.1) is 17.6 Å². The van der Waals surface area contributed by atoms with E-state index >= 15 is 0 Å². The van der Waals surface area contributed by atoms with Crippen molar-refractivity contribution in [3.8, 4) is 0 Å². The van der Waals surface area contributed by atoms with E-state index in [2.05, 4.69) is 9.88 Å². The molecule has 0 spiro atoms. The number of aliphatic carboxylic acids is 1. The number of para-hydroxylation sites is 2. The van der Waals surface area contributed by atoms with Gasteiger partial charge in [0.1, 0.15) is 0 Å². The fraction of sp³-hybridized carbons (Fsp3) is 0.679. The summed E-state index contributed by atoms with van der Waals surface area (Å²) in [6, 6.07) is 9.61. The molecule has 3 aliphatic heterocycles. The first-order chi connectivity index (χ1) is 17.4. The number of nitrogens with zero attached hydrogens (tertiary/aromatic N) is 4. The van der Waals surface area contributed by atoms with Gasteiger partial charge in [0.2, 0.25) is 0 Å². The van der Waals surface area contributed by atoms with Gasteiger partial charge in [0.25, 0.3) is 5.56 Å². The molecule has 4 atom stereocenters. The van der Waals surface area contributed by atoms with E-state index in [-0.39, 0.29) is 30.4 Å². The Hall–Kier alpha value is -2.45. The maximum atomic E-state index is 14.0. The molecule has 4 aliphatic rings. The molecule has 0 amide bonds. The van der Waals surface area contributed by atoms with Gasteiger partial charge in [-0.25, -0.2) is 9.78 Å². The lowest BCUT2D eigenvalue weighted by Crippen LogP contribution is -2.50. The largest absolute Gasteiger partial charge is 0.479 e. The summed E-state index contributed by atoms with van der Waals surface area (Å²) in [5.74, 6) is -0.982. The first-order valence-corrected chi connectivity index (χ1v) is 13.9. The number of carboxylic acid groups (broad SMARTS) is 1. The van der Waals surface area contributed by atoms with Crippen molar-refractivity contribution in [2.75, 3.05) is 18.0 Å². The van der Waals surface area contributed by atoms with Crippen molar-refractivity contribution in [1.29, 1.82) is 0 Å². The molecule has 2 aromatic rings. The minimum atomic E-state index is -1.84. The normalized spacial score (nSPS) is 32.0. The van der Waals surface area contributed by atoms with Gasteiger partial charge in [-0.2, -0.15) is 0 Å². The van der Waals surface area contributed by atoms with E-state index in [0.717, 1.165) is 23.9 Å². The molecule has 1 aliphatic carbocycles. The van der Waals surface area contributed by atoms with E-state index < -0.39 is 11.6 Å². The Labute approximate surface area is 211 Å². The van der Waals surface area contributed by atoms with Crippen LogP contribution >= 0.6 is 0 Å². The Morgan fingerprint density at radius 1 is 0.917 bits per heavy atom. The molecule has 36 heavy (non-hydrogen) atoms. The molecule has 8 heteroatoms. The van der Waals surface area contributed by atoms with Crippen LogP contribution in [-0.2, 0) is 4.79 Å². The lowest BCUT2D eigenvalue weighted by atomic mass is 9.89. The van der Waals surface area contributed by atoms with E-state index in [4.69, 9.17) is 0 Å². The highest BCUT2D eigenvalue weighted by Gasteiger charge is 2.46. The van der Waals surface area contributed by atoms with Crippen molar-refractivity contribution in [2.24, 2.45) is 0 Å². The number of anilines is 1. The highest BCUT2D eigenvalue weighted by Crippen LogP contribution is 2.44. The van der Waals surface area contributed by atoms with Crippen LogP contribution in [-0.4, -0.2) is 67.4 Å². The van der Waals surface area contributed by atoms with Gasteiger partial charge in [0, 0.05) is 37.1 Å². The number of benzene rings is 1. The third-order valence-corrected chi connectivity index (χ3v) is 9.35. The summed E-state index contributed by atoms with van der Waals surface area (Å²) < 4.78 is 1.95. The van der Waals surface area contributed by atoms with Crippen LogP contribution in [0.25, 0.3) is 11.0 Å². The lowest BCUT2D eigenvalue weighted by molar-refractivity contribution is -0.156. The molecular weight excluding hydrogens is 456 g/mol. The fourth-order valence-corrected chi connectivity index (χ4v) is 7.58. The number of carbonyl (C=O) groups is 1. The molecule has 6 rings (SSSR count). The van der Waals surface area contributed by atoms with Gasteiger partial charge in [-0.3, -0.25) is 9.69 Å². The molecule has 4 heterocycles. The summed E-state index contributed by atoms with van der Waals surface area (Å²) in [7, 11) is 0. The van der Waals surface area contributed by atoms with Crippen LogP contribution in [0.5, 0.6) is 0 Å². The van der Waals surface area contributed by atoms with Gasteiger partial charge in [-0.15, -0.1) is 0 Å². The monoisotopic (exact) mass is 494 g/mol. The average molecular weight is 495 g/mol. The van der Waals surface area contributed by atoms with Gasteiger partial charge in [-0.05, 0) is 50.7 Å². The van der Waals surface area contributed by atoms with Crippen molar-refractivity contribution in [2.45, 2.75) is 107 Å². The van der Waals surface area contributed by atoms with Crippen LogP contribution in [0.4, 0.5) is 5.82 Å². The number of fused-ring (bicyclic) bond motifs is 3. The van der Waals surface area contributed by atoms with Gasteiger partial charge < -0.3 is 19.7 Å². The van der Waals surface area contributed by atoms with Crippen LogP contribution in [0.2, 0.25) is 0 Å². The number of carboxylic acids is 1. The summed E-state index contributed by atoms with van der Waals surface area (Å²) in [5, 5.41) is 20.0. The van der Waals surface area contributed by atoms with E-state index in [1.807, 2.05) is 28.8 Å². The van der Waals surface area contributed by atoms with Gasteiger partial charge >= 0.3 is 5.97 Å². The van der Waals surface area contributed by atoms with Crippen LogP contribution < -0.4 is 10.5 Å². The standard InChI is InChI=1S/C28H38N4O4/c33-26-25(30-15-14-28(36,18-30)27(34)35)29-23-10-6-7-11-24(23)32(26)22-16-20-12-13-21(17-22)31(20)19-8-4-2-1-3-5-9-19/h6-7,10-11,19-22,36H,1-5,8-9,12-18H2,(H,34,35)/t20-,21+,22?,28?. The van der Waals surface area contributed by atoms with Crippen LogP contribution in [0, 0.1) is 0 Å². The Kier molecular flexibility index (Phi) is 6.28. The number of aliphatic hydroxyl groups is 1. The van der Waals surface area contributed by atoms with E-state index in [1.54, 1.807) is 4.90 Å². The van der Waals surface area contributed by atoms with E-state index in [0.29, 0.717) is 24.7 Å². The SMILES string of the molecule is O=C(O)C1(O)CCN(c2nc3ccccc3n(C3C[C@H]4CC[C@@H](C3)N4C3CCCCCCC3)c2=O)C1. The zero-order valence-corrected chi connectivity index (χ0v) is 21.0. The average Bonchev–Trinajstić information content (AvgIpc) is 3.36. The van der Waals surface area contributed by atoms with Crippen LogP contribution in [0.1, 0.15) is 83.1 Å². The Morgan fingerprint density at radius 3 is 2.25 bits per heavy atom. The molecule has 2 unspecified atom stereocenters. The van der Waals surface area contributed by atoms with E-state index in [1.165, 1.54) is 57.8 Å². The van der Waals surface area contributed by atoms with Crippen molar-refractivity contribution >= 4 is 22.8 Å². The third-order valence-electron chi connectivity index (χ3n) is 9.35. The first-order valence-electron chi connectivity index (χ1n) is 13.9. The summed E-state index contributed by atoms with van der Waals surface area (Å²) in [6.45, 7) is 0.184. The number of hydrogen-bond acceptors (Lipinski definition) is 6. The van der Waals surface area contributed by atoms with Gasteiger partial charge in [0.15, 0.2) is 11.4 Å². The molecule has 1 aromatic heterocycles. The van der Waals surface area contributed by atoms with Crippen LogP contribution in [0.3, 0.4) is 0 Å². The molecule has 3 saturated heterocycles. The summed E-state index contributed by atoms with van der Waals surface area (Å²) in [6.07, 6.45) is 13.8. The molecule has 2 bridgehead atoms. The summed E-state index contributed by atoms with van der Waals surface area (Å²) in [4.78, 5) is 34.8. The minimum Gasteiger partial charge on any atom is -0.479 e. The molecule has 194 valence electrons. The Balaban J connectivity index is 1.33. The maximum Gasteiger partial charge on any atom is 0.337 e. The van der Waals surface area contributed by atoms with Crippen molar-refractivity contribution < 1.29 is 15.0 Å². The quantitative estimate of drug-likeness (QED) is 0.669. The third kappa shape index (κ3) is 4.12. The number of aromatic nitrogens is 2. The topological polar surface area (TPSA) is 98.9 Å². The molecule has 0 radical (unpaired) electrons. The second kappa shape index (κ2) is 9.45. The predicted molar refractivity (Wildman–Crippen MR) is 138 cm³/mol. The second-order valence-corrected chi connectivity index (χ2v) is 11.6. The molecule has 4 fully saturated rings. The fourth-order valence-electron chi connectivity index (χ4n) is 7.58. The number of hydrogen-bond donors (Lipinski definition) is 2. The summed E-state index contributed by atoms with van der Waals surface area (Å²) in [5.41, 5.74) is -0.408.